The van der Waals surface area contributed by atoms with E-state index in [0.717, 1.165) is 37.3 Å². The lowest BCUT2D eigenvalue weighted by Gasteiger charge is -2.34. The molecule has 3 N–H and O–H groups in total. The van der Waals surface area contributed by atoms with Gasteiger partial charge in [-0.15, -0.1) is 5.10 Å². The third-order valence-corrected chi connectivity index (χ3v) is 5.89. The average Bonchev–Trinajstić information content (AvgIpc) is 3.23. The van der Waals surface area contributed by atoms with Gasteiger partial charge in [0.2, 0.25) is 11.9 Å². The number of ether oxygens (including phenoxy) is 2. The first-order valence-corrected chi connectivity index (χ1v) is 11.0. The van der Waals surface area contributed by atoms with Crippen LogP contribution in [0.15, 0.2) is 42.6 Å². The maximum absolute atomic E-state index is 6.12. The van der Waals surface area contributed by atoms with E-state index in [1.54, 1.807) is 26.5 Å². The number of anilines is 4. The van der Waals surface area contributed by atoms with E-state index < -0.39 is 0 Å². The Bertz CT molecular complexity index is 1300. The zero-order valence-corrected chi connectivity index (χ0v) is 19.4. The zero-order chi connectivity index (χ0) is 23.7. The number of hydrogen-bond acceptors (Lipinski definition) is 10. The summed E-state index contributed by atoms with van der Waals surface area (Å²) in [6, 6.07) is 11.8. The standard InChI is InChI=1S/C23H27N9O2/c1-30-8-10-31(11-9-30)17-6-4-16(5-7-17)26-22-28-21(24)32(29-22)23-25-14-15-12-19(33-2)20(34-3)13-18(15)27-23/h4-7,12-14H,8-11H2,1-3H3,(H3,24,26,28,29). The molecule has 0 saturated carbocycles. The van der Waals surface area contributed by atoms with E-state index in [0.29, 0.717) is 28.9 Å². The molecule has 0 aliphatic carbocycles. The highest BCUT2D eigenvalue weighted by Gasteiger charge is 2.16. The van der Waals surface area contributed by atoms with Gasteiger partial charge in [-0.05, 0) is 37.4 Å². The normalized spacial score (nSPS) is 14.4. The van der Waals surface area contributed by atoms with Gasteiger partial charge in [0.05, 0.1) is 19.7 Å². The van der Waals surface area contributed by atoms with Crippen molar-refractivity contribution in [1.29, 1.82) is 0 Å². The van der Waals surface area contributed by atoms with Crippen LogP contribution in [-0.2, 0) is 0 Å². The van der Waals surface area contributed by atoms with Crippen LogP contribution in [-0.4, -0.2) is 77.1 Å². The molecule has 0 spiro atoms. The average molecular weight is 462 g/mol. The predicted octanol–water partition coefficient (Wildman–Crippen LogP) is 2.31. The van der Waals surface area contributed by atoms with Crippen LogP contribution in [0.5, 0.6) is 11.5 Å². The van der Waals surface area contributed by atoms with Crippen LogP contribution in [0.2, 0.25) is 0 Å². The fourth-order valence-corrected chi connectivity index (χ4v) is 3.92. The van der Waals surface area contributed by atoms with Crippen molar-refractivity contribution in [2.24, 2.45) is 0 Å². The molecule has 1 aliphatic rings. The van der Waals surface area contributed by atoms with Gasteiger partial charge in [-0.2, -0.15) is 9.67 Å². The van der Waals surface area contributed by atoms with Crippen LogP contribution in [0.4, 0.5) is 23.3 Å². The van der Waals surface area contributed by atoms with Gasteiger partial charge in [0.1, 0.15) is 0 Å². The Morgan fingerprint density at radius 1 is 0.941 bits per heavy atom. The van der Waals surface area contributed by atoms with Crippen LogP contribution in [0.25, 0.3) is 16.9 Å². The molecule has 0 atom stereocenters. The monoisotopic (exact) mass is 461 g/mol. The lowest BCUT2D eigenvalue weighted by Crippen LogP contribution is -2.44. The Morgan fingerprint density at radius 3 is 2.35 bits per heavy atom. The van der Waals surface area contributed by atoms with Gasteiger partial charge >= 0.3 is 0 Å². The zero-order valence-electron chi connectivity index (χ0n) is 19.4. The first kappa shape index (κ1) is 21.7. The number of nitrogen functional groups attached to an aromatic ring is 1. The number of rotatable bonds is 6. The van der Waals surface area contributed by atoms with Gasteiger partial charge < -0.3 is 30.3 Å². The second-order valence-corrected chi connectivity index (χ2v) is 8.10. The van der Waals surface area contributed by atoms with Gasteiger partial charge in [0, 0.05) is 55.2 Å². The fourth-order valence-electron chi connectivity index (χ4n) is 3.92. The number of methoxy groups -OCH3 is 2. The van der Waals surface area contributed by atoms with Crippen molar-refractivity contribution in [2.75, 3.05) is 63.4 Å². The first-order chi connectivity index (χ1) is 16.5. The predicted molar refractivity (Wildman–Crippen MR) is 131 cm³/mol. The first-order valence-electron chi connectivity index (χ1n) is 11.0. The maximum Gasteiger partial charge on any atom is 0.254 e. The highest BCUT2D eigenvalue weighted by Crippen LogP contribution is 2.31. The molecule has 0 amide bonds. The molecule has 1 aliphatic heterocycles. The Labute approximate surface area is 197 Å². The van der Waals surface area contributed by atoms with Gasteiger partial charge in [-0.3, -0.25) is 0 Å². The summed E-state index contributed by atoms with van der Waals surface area (Å²) in [6.45, 7) is 4.18. The molecule has 4 aromatic rings. The molecule has 0 radical (unpaired) electrons. The van der Waals surface area contributed by atoms with Crippen molar-refractivity contribution in [2.45, 2.75) is 0 Å². The van der Waals surface area contributed by atoms with Gasteiger partial charge in [0.15, 0.2) is 11.5 Å². The van der Waals surface area contributed by atoms with Crippen LogP contribution in [0, 0.1) is 0 Å². The number of nitrogens with zero attached hydrogens (tertiary/aromatic N) is 7. The van der Waals surface area contributed by atoms with E-state index in [9.17, 15) is 0 Å². The number of piperazine rings is 1. The molecule has 1 saturated heterocycles. The summed E-state index contributed by atoms with van der Waals surface area (Å²) in [5.74, 6) is 2.03. The SMILES string of the molecule is COc1cc2cnc(-n3nc(Nc4ccc(N5CCN(C)CC5)cc4)nc3N)nc2cc1OC. The quantitative estimate of drug-likeness (QED) is 0.443. The van der Waals surface area contributed by atoms with Gasteiger partial charge in [0.25, 0.3) is 5.95 Å². The number of likely N-dealkylation sites (N-methyl/N-ethyl adjacent to an activating group) is 1. The molecule has 2 aromatic heterocycles. The van der Waals surface area contributed by atoms with Crippen LogP contribution in [0.3, 0.4) is 0 Å². The molecule has 11 nitrogen and oxygen atoms in total. The minimum absolute atomic E-state index is 0.177. The molecule has 0 bridgehead atoms. The molecule has 176 valence electrons. The van der Waals surface area contributed by atoms with Crippen molar-refractivity contribution in [3.8, 4) is 17.4 Å². The molecular formula is C23H27N9O2. The molecule has 2 aromatic carbocycles. The van der Waals surface area contributed by atoms with Crippen molar-refractivity contribution in [3.63, 3.8) is 0 Å². The number of aromatic nitrogens is 5. The number of benzene rings is 2. The Balaban J connectivity index is 1.35. The third kappa shape index (κ3) is 4.25. The maximum atomic E-state index is 6.12. The van der Waals surface area contributed by atoms with Crippen LogP contribution < -0.4 is 25.4 Å². The van der Waals surface area contributed by atoms with E-state index >= 15 is 0 Å². The Hall–Kier alpha value is -4.12. The van der Waals surface area contributed by atoms with Crippen molar-refractivity contribution in [3.05, 3.63) is 42.6 Å². The molecule has 11 heteroatoms. The highest BCUT2D eigenvalue weighted by molar-refractivity contribution is 5.82. The summed E-state index contributed by atoms with van der Waals surface area (Å²) < 4.78 is 12.1. The highest BCUT2D eigenvalue weighted by atomic mass is 16.5. The Morgan fingerprint density at radius 2 is 1.65 bits per heavy atom. The van der Waals surface area contributed by atoms with E-state index in [-0.39, 0.29) is 5.95 Å². The molecular weight excluding hydrogens is 434 g/mol. The summed E-state index contributed by atoms with van der Waals surface area (Å²) in [4.78, 5) is 18.0. The lowest BCUT2D eigenvalue weighted by molar-refractivity contribution is 0.313. The van der Waals surface area contributed by atoms with E-state index in [1.807, 2.05) is 18.2 Å². The molecule has 0 unspecified atom stereocenters. The minimum Gasteiger partial charge on any atom is -0.493 e. The number of fused-ring (bicyclic) bond motifs is 1. The van der Waals surface area contributed by atoms with Crippen molar-refractivity contribution < 1.29 is 9.47 Å². The topological polar surface area (TPSA) is 119 Å². The number of nitrogens with one attached hydrogen (secondary N) is 1. The fraction of sp³-hybridized carbons (Fsp3) is 0.304. The summed E-state index contributed by atoms with van der Waals surface area (Å²) >= 11 is 0. The Kier molecular flexibility index (Phi) is 5.76. The molecule has 34 heavy (non-hydrogen) atoms. The van der Waals surface area contributed by atoms with E-state index in [1.165, 1.54) is 10.4 Å². The van der Waals surface area contributed by atoms with Crippen molar-refractivity contribution >= 4 is 34.2 Å². The third-order valence-electron chi connectivity index (χ3n) is 5.89. The lowest BCUT2D eigenvalue weighted by atomic mass is 10.2. The molecule has 3 heterocycles. The summed E-state index contributed by atoms with van der Waals surface area (Å²) in [6.07, 6.45) is 1.69. The second kappa shape index (κ2) is 9.02. The van der Waals surface area contributed by atoms with E-state index in [2.05, 4.69) is 54.3 Å². The van der Waals surface area contributed by atoms with Gasteiger partial charge in [-0.25, -0.2) is 9.97 Å². The van der Waals surface area contributed by atoms with Crippen molar-refractivity contribution in [1.82, 2.24) is 29.6 Å². The van der Waals surface area contributed by atoms with E-state index in [4.69, 9.17) is 15.2 Å². The second-order valence-electron chi connectivity index (χ2n) is 8.10. The summed E-state index contributed by atoms with van der Waals surface area (Å²) in [5, 5.41) is 8.46. The summed E-state index contributed by atoms with van der Waals surface area (Å²) in [7, 11) is 5.32. The number of hydrogen-bond donors (Lipinski definition) is 2. The number of nitrogens with two attached hydrogens (primary N) is 1. The molecule has 5 rings (SSSR count). The van der Waals surface area contributed by atoms with Crippen LogP contribution in [0.1, 0.15) is 0 Å². The summed E-state index contributed by atoms with van der Waals surface area (Å²) in [5.41, 5.74) is 8.86. The minimum atomic E-state index is 0.177. The van der Waals surface area contributed by atoms with Gasteiger partial charge in [-0.1, -0.05) is 0 Å². The molecule has 1 fully saturated rings. The largest absolute Gasteiger partial charge is 0.493 e. The van der Waals surface area contributed by atoms with Crippen LogP contribution >= 0.6 is 0 Å². The smallest absolute Gasteiger partial charge is 0.254 e.